The van der Waals surface area contributed by atoms with Gasteiger partial charge in [0, 0.05) is 13.0 Å². The molecule has 2 aromatic rings. The van der Waals surface area contributed by atoms with Gasteiger partial charge in [0.25, 0.3) is 5.91 Å². The molecule has 0 N–H and O–H groups in total. The third kappa shape index (κ3) is 4.05. The van der Waals surface area contributed by atoms with Crippen LogP contribution in [0, 0.1) is 5.82 Å². The van der Waals surface area contributed by atoms with E-state index < -0.39 is 17.8 Å². The molecule has 3 rings (SSSR count). The second kappa shape index (κ2) is 8.12. The standard InChI is InChI=1S/C21H21FN2O3/c1-2-19(25)23(13-12-15-6-4-3-5-7-15)18-14-20(26)24(21(18)27)17-10-8-16(22)9-11-17/h3-11,18H,2,12-14H2,1H3/t18-/m1/s1. The highest BCUT2D eigenvalue weighted by Gasteiger charge is 2.43. The SMILES string of the molecule is CCC(=O)N(CCc1ccccc1)[C@@H]1CC(=O)N(c2ccc(F)cc2)C1=O. The van der Waals surface area contributed by atoms with Crippen molar-refractivity contribution in [3.63, 3.8) is 0 Å². The number of nitrogens with zero attached hydrogens (tertiary/aromatic N) is 2. The van der Waals surface area contributed by atoms with Crippen LogP contribution in [0.2, 0.25) is 0 Å². The first kappa shape index (κ1) is 18.8. The zero-order valence-electron chi connectivity index (χ0n) is 15.1. The number of rotatable bonds is 6. The number of imide groups is 1. The summed E-state index contributed by atoms with van der Waals surface area (Å²) in [6.45, 7) is 2.09. The summed E-state index contributed by atoms with van der Waals surface area (Å²) in [6.07, 6.45) is 0.793. The molecule has 140 valence electrons. The van der Waals surface area contributed by atoms with Crippen LogP contribution in [0.4, 0.5) is 10.1 Å². The van der Waals surface area contributed by atoms with Gasteiger partial charge in [0.1, 0.15) is 11.9 Å². The van der Waals surface area contributed by atoms with Crippen LogP contribution in [0.1, 0.15) is 25.3 Å². The summed E-state index contributed by atoms with van der Waals surface area (Å²) in [6, 6.07) is 14.0. The molecule has 2 aromatic carbocycles. The maximum atomic E-state index is 13.1. The Balaban J connectivity index is 1.80. The topological polar surface area (TPSA) is 57.7 Å². The Morgan fingerprint density at radius 1 is 1.11 bits per heavy atom. The third-order valence-corrected chi connectivity index (χ3v) is 4.69. The lowest BCUT2D eigenvalue weighted by atomic mass is 10.1. The fourth-order valence-corrected chi connectivity index (χ4v) is 3.27. The summed E-state index contributed by atoms with van der Waals surface area (Å²) >= 11 is 0. The average Bonchev–Trinajstić information content (AvgIpc) is 2.97. The minimum Gasteiger partial charge on any atom is -0.330 e. The molecule has 0 unspecified atom stereocenters. The maximum absolute atomic E-state index is 13.1. The first-order chi connectivity index (χ1) is 13.0. The van der Waals surface area contributed by atoms with E-state index >= 15 is 0 Å². The molecule has 1 fully saturated rings. The van der Waals surface area contributed by atoms with Gasteiger partial charge in [-0.2, -0.15) is 0 Å². The van der Waals surface area contributed by atoms with Crippen LogP contribution in [-0.2, 0) is 20.8 Å². The van der Waals surface area contributed by atoms with Crippen molar-refractivity contribution >= 4 is 23.4 Å². The highest BCUT2D eigenvalue weighted by atomic mass is 19.1. The molecule has 3 amide bonds. The van der Waals surface area contributed by atoms with Gasteiger partial charge in [-0.15, -0.1) is 0 Å². The summed E-state index contributed by atoms with van der Waals surface area (Å²) in [5.41, 5.74) is 1.37. The fourth-order valence-electron chi connectivity index (χ4n) is 3.27. The first-order valence-electron chi connectivity index (χ1n) is 8.97. The number of hydrogen-bond acceptors (Lipinski definition) is 3. The lowest BCUT2D eigenvalue weighted by Gasteiger charge is -2.27. The molecule has 6 heteroatoms. The summed E-state index contributed by atoms with van der Waals surface area (Å²) < 4.78 is 13.1. The Kier molecular flexibility index (Phi) is 5.64. The predicted octanol–water partition coefficient (Wildman–Crippen LogP) is 2.94. The van der Waals surface area contributed by atoms with Gasteiger partial charge in [-0.25, -0.2) is 9.29 Å². The molecule has 0 aliphatic carbocycles. The fraction of sp³-hybridized carbons (Fsp3) is 0.286. The largest absolute Gasteiger partial charge is 0.330 e. The van der Waals surface area contributed by atoms with Crippen LogP contribution in [0.25, 0.3) is 0 Å². The van der Waals surface area contributed by atoms with Crippen molar-refractivity contribution in [2.24, 2.45) is 0 Å². The molecule has 5 nitrogen and oxygen atoms in total. The summed E-state index contributed by atoms with van der Waals surface area (Å²) in [4.78, 5) is 40.3. The zero-order valence-corrected chi connectivity index (χ0v) is 15.1. The highest BCUT2D eigenvalue weighted by molar-refractivity contribution is 6.23. The van der Waals surface area contributed by atoms with Gasteiger partial charge in [-0.1, -0.05) is 37.3 Å². The van der Waals surface area contributed by atoms with E-state index in [1.165, 1.54) is 29.2 Å². The molecule has 0 spiro atoms. The summed E-state index contributed by atoms with van der Waals surface area (Å²) in [5, 5.41) is 0. The molecular formula is C21H21FN2O3. The Labute approximate surface area is 157 Å². The molecule has 1 aliphatic rings. The van der Waals surface area contributed by atoms with E-state index in [2.05, 4.69) is 0 Å². The van der Waals surface area contributed by atoms with Crippen molar-refractivity contribution in [2.75, 3.05) is 11.4 Å². The molecule has 0 aromatic heterocycles. The van der Waals surface area contributed by atoms with Crippen LogP contribution < -0.4 is 4.90 Å². The molecule has 1 aliphatic heterocycles. The van der Waals surface area contributed by atoms with E-state index in [-0.39, 0.29) is 24.7 Å². The van der Waals surface area contributed by atoms with Gasteiger partial charge in [-0.3, -0.25) is 14.4 Å². The van der Waals surface area contributed by atoms with Gasteiger partial charge in [0.05, 0.1) is 12.1 Å². The Bertz CT molecular complexity index is 836. The second-order valence-electron chi connectivity index (χ2n) is 6.44. The van der Waals surface area contributed by atoms with Crippen molar-refractivity contribution in [3.8, 4) is 0 Å². The van der Waals surface area contributed by atoms with E-state index in [1.54, 1.807) is 6.92 Å². The van der Waals surface area contributed by atoms with Gasteiger partial charge >= 0.3 is 0 Å². The molecule has 0 radical (unpaired) electrons. The van der Waals surface area contributed by atoms with Crippen molar-refractivity contribution in [1.82, 2.24) is 4.90 Å². The lowest BCUT2D eigenvalue weighted by Crippen LogP contribution is -2.46. The monoisotopic (exact) mass is 368 g/mol. The minimum absolute atomic E-state index is 0.0588. The predicted molar refractivity (Wildman–Crippen MR) is 99.4 cm³/mol. The number of hydrogen-bond donors (Lipinski definition) is 0. The number of amides is 3. The van der Waals surface area contributed by atoms with Gasteiger partial charge in [0.2, 0.25) is 11.8 Å². The number of anilines is 1. The summed E-state index contributed by atoms with van der Waals surface area (Å²) in [7, 11) is 0. The van der Waals surface area contributed by atoms with Crippen molar-refractivity contribution < 1.29 is 18.8 Å². The van der Waals surface area contributed by atoms with E-state index in [0.717, 1.165) is 10.5 Å². The van der Waals surface area contributed by atoms with Crippen LogP contribution in [-0.4, -0.2) is 35.2 Å². The smallest absolute Gasteiger partial charge is 0.257 e. The van der Waals surface area contributed by atoms with Crippen molar-refractivity contribution in [2.45, 2.75) is 32.2 Å². The van der Waals surface area contributed by atoms with Crippen LogP contribution in [0.3, 0.4) is 0 Å². The average molecular weight is 368 g/mol. The number of benzene rings is 2. The summed E-state index contributed by atoms with van der Waals surface area (Å²) in [5.74, 6) is -1.44. The quantitative estimate of drug-likeness (QED) is 0.737. The molecule has 1 atom stereocenters. The number of carbonyl (C=O) groups excluding carboxylic acids is 3. The minimum atomic E-state index is -0.821. The van der Waals surface area contributed by atoms with Crippen LogP contribution in [0.5, 0.6) is 0 Å². The Morgan fingerprint density at radius 3 is 2.41 bits per heavy atom. The number of halogens is 1. The van der Waals surface area contributed by atoms with E-state index in [4.69, 9.17) is 0 Å². The van der Waals surface area contributed by atoms with Gasteiger partial charge in [0.15, 0.2) is 0 Å². The van der Waals surface area contributed by atoms with E-state index in [1.807, 2.05) is 30.3 Å². The normalized spacial score (nSPS) is 16.7. The molecular weight excluding hydrogens is 347 g/mol. The van der Waals surface area contributed by atoms with Crippen LogP contribution in [0.15, 0.2) is 54.6 Å². The maximum Gasteiger partial charge on any atom is 0.257 e. The van der Waals surface area contributed by atoms with Gasteiger partial charge in [-0.05, 0) is 36.2 Å². The molecule has 27 heavy (non-hydrogen) atoms. The zero-order chi connectivity index (χ0) is 19.4. The van der Waals surface area contributed by atoms with Crippen LogP contribution >= 0.6 is 0 Å². The molecule has 1 saturated heterocycles. The lowest BCUT2D eigenvalue weighted by molar-refractivity contribution is -0.138. The molecule has 0 saturated carbocycles. The number of carbonyl (C=O) groups is 3. The van der Waals surface area contributed by atoms with E-state index in [0.29, 0.717) is 18.7 Å². The van der Waals surface area contributed by atoms with E-state index in [9.17, 15) is 18.8 Å². The molecule has 0 bridgehead atoms. The highest BCUT2D eigenvalue weighted by Crippen LogP contribution is 2.26. The second-order valence-corrected chi connectivity index (χ2v) is 6.44. The van der Waals surface area contributed by atoms with Crippen molar-refractivity contribution in [3.05, 3.63) is 66.0 Å². The van der Waals surface area contributed by atoms with Gasteiger partial charge < -0.3 is 4.90 Å². The van der Waals surface area contributed by atoms with Crippen molar-refractivity contribution in [1.29, 1.82) is 0 Å². The Morgan fingerprint density at radius 2 is 1.78 bits per heavy atom. The Hall–Kier alpha value is -3.02. The third-order valence-electron chi connectivity index (χ3n) is 4.69. The first-order valence-corrected chi connectivity index (χ1v) is 8.97. The molecule has 1 heterocycles.